The molecule has 0 aliphatic rings. The van der Waals surface area contributed by atoms with Gasteiger partial charge in [-0.1, -0.05) is 30.3 Å². The molecule has 4 rings (SSSR count). The molecule has 1 atom stereocenters. The molecule has 152 valence electrons. The zero-order chi connectivity index (χ0) is 21.1. The highest BCUT2D eigenvalue weighted by Gasteiger charge is 2.24. The number of ether oxygens (including phenoxy) is 1. The number of carbonyl (C=O) groups excluding carboxylic acids is 1. The molecule has 2 aromatic carbocycles. The van der Waals surface area contributed by atoms with E-state index in [-0.39, 0.29) is 5.91 Å². The summed E-state index contributed by atoms with van der Waals surface area (Å²) < 4.78 is 6.84. The summed E-state index contributed by atoms with van der Waals surface area (Å²) in [7, 11) is 5.11. The van der Waals surface area contributed by atoms with Crippen LogP contribution in [0.2, 0.25) is 0 Å². The van der Waals surface area contributed by atoms with Crippen LogP contribution in [0.5, 0.6) is 5.75 Å². The van der Waals surface area contributed by atoms with Crippen molar-refractivity contribution in [3.63, 3.8) is 0 Å². The molecule has 0 aliphatic carbocycles. The fourth-order valence-corrected chi connectivity index (χ4v) is 3.18. The maximum absolute atomic E-state index is 12.9. The number of hydrogen-bond donors (Lipinski definition) is 1. The van der Waals surface area contributed by atoms with Gasteiger partial charge in [0.2, 0.25) is 11.6 Å². The van der Waals surface area contributed by atoms with Crippen LogP contribution in [-0.4, -0.2) is 51.8 Å². The minimum Gasteiger partial charge on any atom is -0.497 e. The third-order valence-corrected chi connectivity index (χ3v) is 4.77. The zero-order valence-corrected chi connectivity index (χ0v) is 17.0. The summed E-state index contributed by atoms with van der Waals surface area (Å²) in [5.41, 5.74) is 3.69. The number of amides is 1. The van der Waals surface area contributed by atoms with Gasteiger partial charge in [-0.3, -0.25) is 4.79 Å². The molecular formula is C22H22N6O2. The molecule has 0 saturated heterocycles. The Morgan fingerprint density at radius 2 is 1.83 bits per heavy atom. The van der Waals surface area contributed by atoms with E-state index < -0.39 is 6.04 Å². The van der Waals surface area contributed by atoms with Gasteiger partial charge in [0.25, 0.3) is 0 Å². The van der Waals surface area contributed by atoms with Gasteiger partial charge in [0.15, 0.2) is 0 Å². The van der Waals surface area contributed by atoms with Crippen LogP contribution in [0.4, 0.5) is 5.69 Å². The summed E-state index contributed by atoms with van der Waals surface area (Å²) in [6.45, 7) is 0. The number of nitrogens with one attached hydrogen (secondary N) is 1. The Hall–Kier alpha value is -3.94. The number of likely N-dealkylation sites (N-methyl/N-ethyl adjacent to an activating group) is 1. The van der Waals surface area contributed by atoms with Gasteiger partial charge in [-0.2, -0.15) is 9.61 Å². The van der Waals surface area contributed by atoms with Crippen molar-refractivity contribution in [2.75, 3.05) is 26.5 Å². The Kier molecular flexibility index (Phi) is 5.30. The Bertz CT molecular complexity index is 1160. The van der Waals surface area contributed by atoms with E-state index in [9.17, 15) is 4.79 Å². The lowest BCUT2D eigenvalue weighted by Crippen LogP contribution is -2.32. The molecule has 0 aliphatic heterocycles. The molecule has 8 heteroatoms. The number of benzene rings is 2. The first-order chi connectivity index (χ1) is 14.6. The average Bonchev–Trinajstić information content (AvgIpc) is 3.26. The van der Waals surface area contributed by atoms with E-state index in [0.717, 1.165) is 22.6 Å². The van der Waals surface area contributed by atoms with Crippen molar-refractivity contribution in [3.8, 4) is 17.0 Å². The molecule has 0 fully saturated rings. The Morgan fingerprint density at radius 1 is 1.10 bits per heavy atom. The van der Waals surface area contributed by atoms with E-state index in [1.807, 2.05) is 60.7 Å². The topological polar surface area (TPSA) is 84.6 Å². The number of hydrogen-bond acceptors (Lipinski definition) is 6. The smallest absolute Gasteiger partial charge is 0.249 e. The number of fused-ring (bicyclic) bond motifs is 1. The van der Waals surface area contributed by atoms with Crippen LogP contribution in [0.3, 0.4) is 0 Å². The van der Waals surface area contributed by atoms with E-state index in [4.69, 9.17) is 4.74 Å². The molecule has 2 heterocycles. The quantitative estimate of drug-likeness (QED) is 0.534. The molecule has 1 amide bonds. The van der Waals surface area contributed by atoms with Crippen LogP contribution in [0.25, 0.3) is 16.9 Å². The van der Waals surface area contributed by atoms with Crippen LogP contribution in [0, 0.1) is 0 Å². The SMILES string of the molecule is COc1ccc(-c2cc(NC(C(=O)N(C)C)c3ccccc3)c3nncn3n2)cc1. The molecule has 4 aromatic rings. The lowest BCUT2D eigenvalue weighted by Gasteiger charge is -2.23. The van der Waals surface area contributed by atoms with Crippen LogP contribution < -0.4 is 10.1 Å². The largest absolute Gasteiger partial charge is 0.497 e. The van der Waals surface area contributed by atoms with Crippen molar-refractivity contribution < 1.29 is 9.53 Å². The molecule has 1 unspecified atom stereocenters. The third-order valence-electron chi connectivity index (χ3n) is 4.77. The number of carbonyl (C=O) groups is 1. The second-order valence-electron chi connectivity index (χ2n) is 6.99. The molecule has 1 N–H and O–H groups in total. The highest BCUT2D eigenvalue weighted by Crippen LogP contribution is 2.28. The molecule has 0 spiro atoms. The summed E-state index contributed by atoms with van der Waals surface area (Å²) >= 11 is 0. The summed E-state index contributed by atoms with van der Waals surface area (Å²) in [6.07, 6.45) is 1.54. The second-order valence-corrected chi connectivity index (χ2v) is 6.99. The van der Waals surface area contributed by atoms with E-state index in [1.165, 1.54) is 0 Å². The number of rotatable bonds is 6. The first kappa shape index (κ1) is 19.4. The van der Waals surface area contributed by atoms with Crippen molar-refractivity contribution in [3.05, 3.63) is 72.6 Å². The minimum absolute atomic E-state index is 0.0679. The fourth-order valence-electron chi connectivity index (χ4n) is 3.18. The van der Waals surface area contributed by atoms with Gasteiger partial charge in [-0.15, -0.1) is 10.2 Å². The van der Waals surface area contributed by atoms with Gasteiger partial charge in [-0.25, -0.2) is 0 Å². The second kappa shape index (κ2) is 8.20. The first-order valence-electron chi connectivity index (χ1n) is 9.45. The molecule has 0 saturated carbocycles. The van der Waals surface area contributed by atoms with Crippen molar-refractivity contribution in [1.82, 2.24) is 24.7 Å². The fraction of sp³-hybridized carbons (Fsp3) is 0.182. The van der Waals surface area contributed by atoms with E-state index >= 15 is 0 Å². The Morgan fingerprint density at radius 3 is 2.50 bits per heavy atom. The molecular weight excluding hydrogens is 380 g/mol. The van der Waals surface area contributed by atoms with Crippen molar-refractivity contribution in [1.29, 1.82) is 0 Å². The van der Waals surface area contributed by atoms with Crippen LogP contribution >= 0.6 is 0 Å². The first-order valence-corrected chi connectivity index (χ1v) is 9.45. The van der Waals surface area contributed by atoms with E-state index in [1.54, 1.807) is 36.9 Å². The van der Waals surface area contributed by atoms with Gasteiger partial charge in [0.05, 0.1) is 18.5 Å². The van der Waals surface area contributed by atoms with Crippen molar-refractivity contribution >= 4 is 17.2 Å². The van der Waals surface area contributed by atoms with Crippen molar-refractivity contribution in [2.24, 2.45) is 0 Å². The van der Waals surface area contributed by atoms with E-state index in [2.05, 4.69) is 20.6 Å². The van der Waals surface area contributed by atoms with Crippen LogP contribution in [0.15, 0.2) is 67.0 Å². The average molecular weight is 402 g/mol. The minimum atomic E-state index is -0.576. The Labute approximate surface area is 174 Å². The predicted octanol–water partition coefficient (Wildman–Crippen LogP) is 3.04. The summed E-state index contributed by atoms with van der Waals surface area (Å²) in [4.78, 5) is 14.5. The van der Waals surface area contributed by atoms with Gasteiger partial charge in [-0.05, 0) is 35.9 Å². The van der Waals surface area contributed by atoms with Gasteiger partial charge in [0, 0.05) is 19.7 Å². The van der Waals surface area contributed by atoms with E-state index in [0.29, 0.717) is 11.3 Å². The van der Waals surface area contributed by atoms with Crippen molar-refractivity contribution in [2.45, 2.75) is 6.04 Å². The predicted molar refractivity (Wildman–Crippen MR) is 114 cm³/mol. The van der Waals surface area contributed by atoms with Gasteiger partial charge < -0.3 is 15.0 Å². The molecule has 8 nitrogen and oxygen atoms in total. The molecule has 0 bridgehead atoms. The van der Waals surface area contributed by atoms with Gasteiger partial charge in [0.1, 0.15) is 18.1 Å². The highest BCUT2D eigenvalue weighted by molar-refractivity contribution is 5.87. The summed E-state index contributed by atoms with van der Waals surface area (Å²) in [6, 6.07) is 18.5. The third kappa shape index (κ3) is 3.80. The van der Waals surface area contributed by atoms with Crippen LogP contribution in [-0.2, 0) is 4.79 Å². The summed E-state index contributed by atoms with van der Waals surface area (Å²) in [5, 5.41) is 16.1. The highest BCUT2D eigenvalue weighted by atomic mass is 16.5. The number of anilines is 1. The van der Waals surface area contributed by atoms with Gasteiger partial charge >= 0.3 is 0 Å². The number of methoxy groups -OCH3 is 1. The molecule has 2 aromatic heterocycles. The standard InChI is InChI=1S/C22H22N6O2/c1-27(2)22(29)20(16-7-5-4-6-8-16)24-19-13-18(26-28-14-23-25-21(19)28)15-9-11-17(30-3)12-10-15/h4-14,20,24H,1-3H3. The maximum atomic E-state index is 12.9. The zero-order valence-electron chi connectivity index (χ0n) is 17.0. The Balaban J connectivity index is 1.78. The number of nitrogens with zero attached hydrogens (tertiary/aromatic N) is 5. The lowest BCUT2D eigenvalue weighted by atomic mass is 10.1. The normalized spacial score (nSPS) is 11.8. The number of aromatic nitrogens is 4. The lowest BCUT2D eigenvalue weighted by molar-refractivity contribution is -0.129. The molecule has 0 radical (unpaired) electrons. The monoisotopic (exact) mass is 402 g/mol. The summed E-state index contributed by atoms with van der Waals surface area (Å²) in [5.74, 6) is 0.699. The molecule has 30 heavy (non-hydrogen) atoms. The van der Waals surface area contributed by atoms with Crippen LogP contribution in [0.1, 0.15) is 11.6 Å². The maximum Gasteiger partial charge on any atom is 0.249 e.